The fourth-order valence-corrected chi connectivity index (χ4v) is 2.68. The summed E-state index contributed by atoms with van der Waals surface area (Å²) in [6.45, 7) is 5.19. The van der Waals surface area contributed by atoms with E-state index in [1.807, 2.05) is 18.7 Å². The highest BCUT2D eigenvalue weighted by atomic mass is 19.1. The Morgan fingerprint density at radius 3 is 2.36 bits per heavy atom. The smallest absolute Gasteiger partial charge is 0.225 e. The van der Waals surface area contributed by atoms with E-state index >= 15 is 0 Å². The zero-order valence-corrected chi connectivity index (χ0v) is 13.1. The molecule has 1 N–H and O–H groups in total. The molecule has 4 nitrogen and oxygen atoms in total. The summed E-state index contributed by atoms with van der Waals surface area (Å²) >= 11 is 0. The van der Waals surface area contributed by atoms with Crippen LogP contribution in [-0.2, 0) is 16.0 Å². The number of piperidine rings is 1. The number of carbonyl (C=O) groups excluding carboxylic acids is 2. The number of hydrogen-bond acceptors (Lipinski definition) is 2. The van der Waals surface area contributed by atoms with Gasteiger partial charge in [0.2, 0.25) is 11.8 Å². The molecule has 1 aromatic carbocycles. The molecule has 1 aromatic rings. The van der Waals surface area contributed by atoms with Gasteiger partial charge in [0.15, 0.2) is 0 Å². The number of hydrogen-bond donors (Lipinski definition) is 1. The van der Waals surface area contributed by atoms with Crippen LogP contribution in [0.15, 0.2) is 24.3 Å². The van der Waals surface area contributed by atoms with Crippen molar-refractivity contribution in [2.24, 2.45) is 5.92 Å². The van der Waals surface area contributed by atoms with Gasteiger partial charge in [0.1, 0.15) is 5.82 Å². The molecule has 120 valence electrons. The summed E-state index contributed by atoms with van der Waals surface area (Å²) in [6, 6.07) is 6.08. The first-order valence-corrected chi connectivity index (χ1v) is 7.78. The second kappa shape index (κ2) is 7.38. The number of carbonyl (C=O) groups is 2. The highest BCUT2D eigenvalue weighted by molar-refractivity contribution is 5.79. The van der Waals surface area contributed by atoms with Gasteiger partial charge in [-0.3, -0.25) is 9.59 Å². The average Bonchev–Trinajstić information content (AvgIpc) is 2.49. The van der Waals surface area contributed by atoms with E-state index in [0.717, 1.165) is 18.4 Å². The molecule has 0 spiro atoms. The summed E-state index contributed by atoms with van der Waals surface area (Å²) in [7, 11) is 0. The third-order valence-corrected chi connectivity index (χ3v) is 3.94. The molecule has 5 heteroatoms. The highest BCUT2D eigenvalue weighted by Crippen LogP contribution is 2.13. The normalized spacial score (nSPS) is 15.9. The third-order valence-electron chi connectivity index (χ3n) is 3.94. The Morgan fingerprint density at radius 1 is 1.23 bits per heavy atom. The Bertz CT molecular complexity index is 520. The van der Waals surface area contributed by atoms with Gasteiger partial charge < -0.3 is 10.2 Å². The van der Waals surface area contributed by atoms with Gasteiger partial charge >= 0.3 is 0 Å². The van der Waals surface area contributed by atoms with Crippen molar-refractivity contribution in [1.82, 2.24) is 10.2 Å². The molecule has 1 heterocycles. The molecule has 22 heavy (non-hydrogen) atoms. The largest absolute Gasteiger partial charge is 0.353 e. The van der Waals surface area contributed by atoms with E-state index in [-0.39, 0.29) is 36.0 Å². The molecule has 2 amide bonds. The summed E-state index contributed by atoms with van der Waals surface area (Å²) in [5.74, 6) is -0.160. The minimum absolute atomic E-state index is 0.0182. The number of halogens is 1. The lowest BCUT2D eigenvalue weighted by Crippen LogP contribution is -2.47. The quantitative estimate of drug-likeness (QED) is 0.926. The van der Waals surface area contributed by atoms with Crippen molar-refractivity contribution >= 4 is 11.8 Å². The number of amides is 2. The molecule has 0 atom stereocenters. The minimum atomic E-state index is -0.300. The third kappa shape index (κ3) is 4.55. The van der Waals surface area contributed by atoms with Gasteiger partial charge in [-0.1, -0.05) is 26.0 Å². The first-order valence-electron chi connectivity index (χ1n) is 7.78. The molecule has 1 aliphatic heterocycles. The van der Waals surface area contributed by atoms with Gasteiger partial charge in [0.25, 0.3) is 0 Å². The lowest BCUT2D eigenvalue weighted by Gasteiger charge is -2.33. The molecule has 1 fully saturated rings. The van der Waals surface area contributed by atoms with Crippen LogP contribution < -0.4 is 5.32 Å². The maximum absolute atomic E-state index is 12.8. The number of nitrogens with one attached hydrogen (secondary N) is 1. The predicted octanol–water partition coefficient (Wildman–Crippen LogP) is 2.13. The van der Waals surface area contributed by atoms with Gasteiger partial charge in [-0.25, -0.2) is 4.39 Å². The van der Waals surface area contributed by atoms with Crippen molar-refractivity contribution in [3.05, 3.63) is 35.6 Å². The van der Waals surface area contributed by atoms with Crippen molar-refractivity contribution in [3.63, 3.8) is 0 Å². The van der Waals surface area contributed by atoms with E-state index in [1.165, 1.54) is 12.1 Å². The van der Waals surface area contributed by atoms with E-state index in [9.17, 15) is 14.0 Å². The molecule has 0 radical (unpaired) electrons. The fourth-order valence-electron chi connectivity index (χ4n) is 2.68. The standard InChI is InChI=1S/C17H23FN2O2/c1-12(2)17(22)20-9-7-15(8-10-20)19-16(21)11-13-3-5-14(18)6-4-13/h3-6,12,15H,7-11H2,1-2H3,(H,19,21). The van der Waals surface area contributed by atoms with Gasteiger partial charge in [-0.2, -0.15) is 0 Å². The summed E-state index contributed by atoms with van der Waals surface area (Å²) in [6.07, 6.45) is 1.83. The lowest BCUT2D eigenvalue weighted by molar-refractivity contribution is -0.135. The Kier molecular flexibility index (Phi) is 5.52. The topological polar surface area (TPSA) is 49.4 Å². The van der Waals surface area contributed by atoms with E-state index in [1.54, 1.807) is 12.1 Å². The first kappa shape index (κ1) is 16.5. The molecule has 0 aliphatic carbocycles. The van der Waals surface area contributed by atoms with Crippen LogP contribution >= 0.6 is 0 Å². The average molecular weight is 306 g/mol. The second-order valence-corrected chi connectivity index (χ2v) is 6.13. The van der Waals surface area contributed by atoms with Crippen LogP contribution in [0.2, 0.25) is 0 Å². The number of likely N-dealkylation sites (tertiary alicyclic amines) is 1. The zero-order valence-electron chi connectivity index (χ0n) is 13.1. The van der Waals surface area contributed by atoms with Gasteiger partial charge in [0.05, 0.1) is 6.42 Å². The van der Waals surface area contributed by atoms with Crippen molar-refractivity contribution in [1.29, 1.82) is 0 Å². The molecule has 1 aliphatic rings. The number of nitrogens with zero attached hydrogens (tertiary/aromatic N) is 1. The van der Waals surface area contributed by atoms with Gasteiger partial charge in [0, 0.05) is 25.0 Å². The molecular formula is C17H23FN2O2. The van der Waals surface area contributed by atoms with Crippen molar-refractivity contribution in [3.8, 4) is 0 Å². The second-order valence-electron chi connectivity index (χ2n) is 6.13. The van der Waals surface area contributed by atoms with Crippen LogP contribution in [0.4, 0.5) is 4.39 Å². The summed E-state index contributed by atoms with van der Waals surface area (Å²) in [4.78, 5) is 25.8. The number of benzene rings is 1. The number of rotatable bonds is 4. The minimum Gasteiger partial charge on any atom is -0.353 e. The predicted molar refractivity (Wildman–Crippen MR) is 82.7 cm³/mol. The van der Waals surface area contributed by atoms with E-state index < -0.39 is 0 Å². The molecule has 0 bridgehead atoms. The maximum Gasteiger partial charge on any atom is 0.225 e. The Morgan fingerprint density at radius 2 is 1.82 bits per heavy atom. The fraction of sp³-hybridized carbons (Fsp3) is 0.529. The molecule has 1 saturated heterocycles. The Balaban J connectivity index is 1.77. The maximum atomic E-state index is 12.8. The molecule has 0 unspecified atom stereocenters. The Labute approximate surface area is 130 Å². The summed E-state index contributed by atoms with van der Waals surface area (Å²) in [5.41, 5.74) is 0.798. The Hall–Kier alpha value is -1.91. The lowest BCUT2D eigenvalue weighted by atomic mass is 10.0. The van der Waals surface area contributed by atoms with Crippen LogP contribution in [0.25, 0.3) is 0 Å². The van der Waals surface area contributed by atoms with E-state index in [4.69, 9.17) is 0 Å². The SMILES string of the molecule is CC(C)C(=O)N1CCC(NC(=O)Cc2ccc(F)cc2)CC1. The van der Waals surface area contributed by atoms with Crippen molar-refractivity contribution < 1.29 is 14.0 Å². The van der Waals surface area contributed by atoms with Gasteiger partial charge in [-0.15, -0.1) is 0 Å². The van der Waals surface area contributed by atoms with Crippen LogP contribution in [-0.4, -0.2) is 35.8 Å². The molecule has 0 saturated carbocycles. The zero-order chi connectivity index (χ0) is 16.1. The van der Waals surface area contributed by atoms with Crippen molar-refractivity contribution in [2.75, 3.05) is 13.1 Å². The summed E-state index contributed by atoms with van der Waals surface area (Å²) < 4.78 is 12.8. The van der Waals surface area contributed by atoms with Crippen LogP contribution in [0.5, 0.6) is 0 Å². The monoisotopic (exact) mass is 306 g/mol. The van der Waals surface area contributed by atoms with E-state index in [0.29, 0.717) is 13.1 Å². The summed E-state index contributed by atoms with van der Waals surface area (Å²) in [5, 5.41) is 3.00. The van der Waals surface area contributed by atoms with Gasteiger partial charge in [-0.05, 0) is 30.5 Å². The molecule has 2 rings (SSSR count). The highest BCUT2D eigenvalue weighted by Gasteiger charge is 2.24. The van der Waals surface area contributed by atoms with Crippen LogP contribution in [0.1, 0.15) is 32.3 Å². The van der Waals surface area contributed by atoms with Crippen LogP contribution in [0.3, 0.4) is 0 Å². The first-order chi connectivity index (χ1) is 10.5. The van der Waals surface area contributed by atoms with Crippen LogP contribution in [0, 0.1) is 11.7 Å². The van der Waals surface area contributed by atoms with E-state index in [2.05, 4.69) is 5.32 Å². The van der Waals surface area contributed by atoms with Crippen molar-refractivity contribution in [2.45, 2.75) is 39.2 Å². The molecule has 0 aromatic heterocycles. The molecular weight excluding hydrogens is 283 g/mol.